The number of nitrogens with zero attached hydrogens (tertiary/aromatic N) is 1. The van der Waals surface area contributed by atoms with E-state index in [9.17, 15) is 0 Å². The molecule has 0 aliphatic carbocycles. The lowest BCUT2D eigenvalue weighted by molar-refractivity contribution is 1.23. The van der Waals surface area contributed by atoms with E-state index in [0.717, 1.165) is 0 Å². The van der Waals surface area contributed by atoms with E-state index in [2.05, 4.69) is 0 Å². The summed E-state index contributed by atoms with van der Waals surface area (Å²) in [4.78, 5) is 0. The molecule has 0 saturated heterocycles. The van der Waals surface area contributed by atoms with Crippen LogP contribution in [0.1, 0.15) is 6.92 Å². The Kier molecular flexibility index (Phi) is 8.47. The molecule has 0 aromatic heterocycles. The largest absolute Gasteiger partial charge is 0.327 e. The average Bonchev–Trinajstić information content (AvgIpc) is 1.68. The predicted octanol–water partition coefficient (Wildman–Crippen LogP) is 0.837. The second-order valence-corrected chi connectivity index (χ2v) is 1.23. The molecule has 0 aliphatic rings. The smallest absolute Gasteiger partial charge is 0.0941 e. The van der Waals surface area contributed by atoms with Crippen molar-refractivity contribution >= 4 is 12.4 Å². The molecule has 0 saturated carbocycles. The van der Waals surface area contributed by atoms with Gasteiger partial charge in [-0.3, -0.25) is 0 Å². The van der Waals surface area contributed by atoms with Crippen molar-refractivity contribution in [2.45, 2.75) is 6.92 Å². The van der Waals surface area contributed by atoms with Crippen molar-refractivity contribution in [3.63, 3.8) is 0 Å². The molecular formula is C5H9ClN2. The van der Waals surface area contributed by atoms with Gasteiger partial charge in [0.05, 0.1) is 6.07 Å². The fourth-order valence-corrected chi connectivity index (χ4v) is 0.222. The van der Waals surface area contributed by atoms with E-state index < -0.39 is 0 Å². The van der Waals surface area contributed by atoms with Gasteiger partial charge in [-0.25, -0.2) is 0 Å². The van der Waals surface area contributed by atoms with E-state index in [1.807, 2.05) is 6.07 Å². The third-order valence-electron chi connectivity index (χ3n) is 0.600. The number of hydrogen-bond acceptors (Lipinski definition) is 2. The van der Waals surface area contributed by atoms with Gasteiger partial charge < -0.3 is 5.73 Å². The fourth-order valence-electron chi connectivity index (χ4n) is 0.222. The number of hydrogen-bond donors (Lipinski definition) is 1. The van der Waals surface area contributed by atoms with E-state index in [1.54, 1.807) is 13.0 Å². The predicted molar refractivity (Wildman–Crippen MR) is 35.7 cm³/mol. The molecule has 3 heteroatoms. The monoisotopic (exact) mass is 132 g/mol. The Bertz CT molecular complexity index is 112. The quantitative estimate of drug-likeness (QED) is 0.538. The average molecular weight is 133 g/mol. The molecule has 46 valence electrons. The van der Waals surface area contributed by atoms with Gasteiger partial charge in [-0.05, 0) is 6.92 Å². The SMILES string of the molecule is CC(C#N)=CCN.Cl. The van der Waals surface area contributed by atoms with Crippen molar-refractivity contribution in [2.24, 2.45) is 5.73 Å². The Hall–Kier alpha value is -0.520. The third-order valence-corrected chi connectivity index (χ3v) is 0.600. The number of nitriles is 1. The van der Waals surface area contributed by atoms with Gasteiger partial charge in [0.25, 0.3) is 0 Å². The zero-order chi connectivity index (χ0) is 5.70. The van der Waals surface area contributed by atoms with Crippen LogP contribution >= 0.6 is 12.4 Å². The summed E-state index contributed by atoms with van der Waals surface area (Å²) in [5.74, 6) is 0. The minimum atomic E-state index is 0. The second kappa shape index (κ2) is 6.48. The van der Waals surface area contributed by atoms with Crippen LogP contribution in [0.2, 0.25) is 0 Å². The fraction of sp³-hybridized carbons (Fsp3) is 0.400. The molecule has 0 bridgehead atoms. The highest BCUT2D eigenvalue weighted by molar-refractivity contribution is 5.85. The molecular weight excluding hydrogens is 124 g/mol. The summed E-state index contributed by atoms with van der Waals surface area (Å²) in [6.45, 7) is 2.19. The summed E-state index contributed by atoms with van der Waals surface area (Å²) in [5.41, 5.74) is 5.76. The normalized spacial score (nSPS) is 9.38. The van der Waals surface area contributed by atoms with Crippen LogP contribution in [0, 0.1) is 11.3 Å². The molecule has 8 heavy (non-hydrogen) atoms. The van der Waals surface area contributed by atoms with Crippen LogP contribution in [-0.2, 0) is 0 Å². The molecule has 0 atom stereocenters. The molecule has 0 heterocycles. The van der Waals surface area contributed by atoms with Gasteiger partial charge >= 0.3 is 0 Å². The third kappa shape index (κ3) is 5.48. The van der Waals surface area contributed by atoms with E-state index >= 15 is 0 Å². The van der Waals surface area contributed by atoms with Crippen LogP contribution in [-0.4, -0.2) is 6.54 Å². The van der Waals surface area contributed by atoms with E-state index in [0.29, 0.717) is 12.1 Å². The van der Waals surface area contributed by atoms with Crippen LogP contribution in [0.15, 0.2) is 11.6 Å². The Morgan fingerprint density at radius 1 is 1.88 bits per heavy atom. The molecule has 0 rings (SSSR count). The van der Waals surface area contributed by atoms with Gasteiger partial charge in [-0.15, -0.1) is 12.4 Å². The first kappa shape index (κ1) is 10.5. The number of rotatable bonds is 1. The first-order valence-electron chi connectivity index (χ1n) is 2.08. The topological polar surface area (TPSA) is 49.8 Å². The van der Waals surface area contributed by atoms with Crippen molar-refractivity contribution in [1.82, 2.24) is 0 Å². The maximum atomic E-state index is 8.09. The minimum absolute atomic E-state index is 0. The van der Waals surface area contributed by atoms with Crippen molar-refractivity contribution in [1.29, 1.82) is 5.26 Å². The Morgan fingerprint density at radius 3 is 2.50 bits per heavy atom. The van der Waals surface area contributed by atoms with Crippen molar-refractivity contribution in [3.8, 4) is 6.07 Å². The van der Waals surface area contributed by atoms with Crippen molar-refractivity contribution in [3.05, 3.63) is 11.6 Å². The molecule has 0 aromatic rings. The Morgan fingerprint density at radius 2 is 2.38 bits per heavy atom. The summed E-state index contributed by atoms with van der Waals surface area (Å²) < 4.78 is 0. The maximum absolute atomic E-state index is 8.09. The zero-order valence-corrected chi connectivity index (χ0v) is 5.53. The molecule has 0 radical (unpaired) electrons. The summed E-state index contributed by atoms with van der Waals surface area (Å²) in [6, 6.07) is 1.95. The molecule has 0 aliphatic heterocycles. The first-order valence-corrected chi connectivity index (χ1v) is 2.08. The van der Waals surface area contributed by atoms with E-state index in [-0.39, 0.29) is 12.4 Å². The van der Waals surface area contributed by atoms with Gasteiger partial charge in [-0.1, -0.05) is 6.08 Å². The van der Waals surface area contributed by atoms with E-state index in [1.165, 1.54) is 0 Å². The lowest BCUT2D eigenvalue weighted by atomic mass is 10.3. The van der Waals surface area contributed by atoms with E-state index in [4.69, 9.17) is 11.0 Å². The highest BCUT2D eigenvalue weighted by Crippen LogP contribution is 1.83. The zero-order valence-electron chi connectivity index (χ0n) is 4.72. The Labute approximate surface area is 55.4 Å². The van der Waals surface area contributed by atoms with Gasteiger partial charge in [0.2, 0.25) is 0 Å². The van der Waals surface area contributed by atoms with Crippen LogP contribution in [0.25, 0.3) is 0 Å². The molecule has 0 spiro atoms. The number of halogens is 1. The Balaban J connectivity index is 0. The molecule has 2 N–H and O–H groups in total. The van der Waals surface area contributed by atoms with Gasteiger partial charge in [-0.2, -0.15) is 5.26 Å². The molecule has 0 amide bonds. The first-order chi connectivity index (χ1) is 3.31. The summed E-state index contributed by atoms with van der Waals surface area (Å²) in [5, 5.41) is 8.09. The van der Waals surface area contributed by atoms with Crippen molar-refractivity contribution < 1.29 is 0 Å². The van der Waals surface area contributed by atoms with Crippen molar-refractivity contribution in [2.75, 3.05) is 6.54 Å². The highest BCUT2D eigenvalue weighted by Gasteiger charge is 1.75. The maximum Gasteiger partial charge on any atom is 0.0941 e. The lowest BCUT2D eigenvalue weighted by Crippen LogP contribution is -1.93. The second-order valence-electron chi connectivity index (χ2n) is 1.23. The molecule has 0 fully saturated rings. The van der Waals surface area contributed by atoms with Gasteiger partial charge in [0, 0.05) is 12.1 Å². The highest BCUT2D eigenvalue weighted by atomic mass is 35.5. The summed E-state index contributed by atoms with van der Waals surface area (Å²) in [7, 11) is 0. The van der Waals surface area contributed by atoms with Crippen LogP contribution in [0.4, 0.5) is 0 Å². The molecule has 0 aromatic carbocycles. The van der Waals surface area contributed by atoms with Gasteiger partial charge in [0.15, 0.2) is 0 Å². The number of allylic oxidation sites excluding steroid dienone is 1. The van der Waals surface area contributed by atoms with Crippen LogP contribution in [0.5, 0.6) is 0 Å². The van der Waals surface area contributed by atoms with Crippen LogP contribution in [0.3, 0.4) is 0 Å². The summed E-state index contributed by atoms with van der Waals surface area (Å²) >= 11 is 0. The summed E-state index contributed by atoms with van der Waals surface area (Å²) in [6.07, 6.45) is 1.68. The van der Waals surface area contributed by atoms with Crippen LogP contribution < -0.4 is 5.73 Å². The van der Waals surface area contributed by atoms with Gasteiger partial charge in [0.1, 0.15) is 0 Å². The standard InChI is InChI=1S/C5H8N2.ClH/c1-5(4-7)2-3-6;/h2H,3,6H2,1H3;1H. The molecule has 2 nitrogen and oxygen atoms in total. The molecule has 0 unspecified atom stereocenters. The lowest BCUT2D eigenvalue weighted by Gasteiger charge is -1.77. The number of nitrogens with two attached hydrogens (primary N) is 1. The minimum Gasteiger partial charge on any atom is -0.327 e.